The third-order valence-corrected chi connectivity index (χ3v) is 3.76. The summed E-state index contributed by atoms with van der Waals surface area (Å²) in [5.41, 5.74) is -2.15. The number of nitrogens with zero attached hydrogens (tertiary/aromatic N) is 1. The number of hydrogen-bond donors (Lipinski definition) is 2. The highest BCUT2D eigenvalue weighted by atomic mass is 19.2. The molecule has 114 valence electrons. The van der Waals surface area contributed by atoms with Gasteiger partial charge in [-0.25, -0.2) is 8.78 Å². The van der Waals surface area contributed by atoms with E-state index in [1.54, 1.807) is 6.92 Å². The van der Waals surface area contributed by atoms with E-state index in [4.69, 9.17) is 0 Å². The monoisotopic (exact) mass is 299 g/mol. The number of nitrogens with one attached hydrogen (secondary N) is 2. The van der Waals surface area contributed by atoms with E-state index in [0.717, 1.165) is 6.07 Å². The molecule has 0 aliphatic carbocycles. The second-order valence-corrected chi connectivity index (χ2v) is 5.28. The molecule has 1 aliphatic heterocycles. The van der Waals surface area contributed by atoms with Crippen LogP contribution in [0.25, 0.3) is 0 Å². The molecule has 1 amide bonds. The maximum Gasteiger partial charge on any atom is 0.296 e. The van der Waals surface area contributed by atoms with Crippen LogP contribution in [0.5, 0.6) is 0 Å². The van der Waals surface area contributed by atoms with Crippen molar-refractivity contribution in [3.63, 3.8) is 0 Å². The average Bonchev–Trinajstić information content (AvgIpc) is 2.44. The third-order valence-electron chi connectivity index (χ3n) is 3.76. The molecule has 1 aliphatic rings. The average molecular weight is 299 g/mol. The third kappa shape index (κ3) is 2.99. The van der Waals surface area contributed by atoms with E-state index in [1.807, 2.05) is 0 Å². The van der Waals surface area contributed by atoms with Gasteiger partial charge in [0.1, 0.15) is 0 Å². The molecule has 2 N–H and O–H groups in total. The summed E-state index contributed by atoms with van der Waals surface area (Å²) < 4.78 is 27.0. The summed E-state index contributed by atoms with van der Waals surface area (Å²) in [7, 11) is 0. The number of carbonyl (C=O) groups excluding carboxylic acids is 1. The van der Waals surface area contributed by atoms with Crippen LogP contribution in [0.4, 0.5) is 20.2 Å². The Morgan fingerprint density at radius 3 is 2.57 bits per heavy atom. The molecular formula is C13H15F2N3O3. The fourth-order valence-electron chi connectivity index (χ4n) is 2.28. The number of carbonyl (C=O) groups is 1. The highest BCUT2D eigenvalue weighted by Crippen LogP contribution is 2.34. The second kappa shape index (κ2) is 5.72. The largest absolute Gasteiger partial charge is 0.317 e. The van der Waals surface area contributed by atoms with Crippen molar-refractivity contribution in [1.82, 2.24) is 5.32 Å². The summed E-state index contributed by atoms with van der Waals surface area (Å²) in [6.45, 7) is 2.95. The Bertz CT molecular complexity index is 586. The van der Waals surface area contributed by atoms with Crippen LogP contribution in [-0.4, -0.2) is 23.9 Å². The van der Waals surface area contributed by atoms with E-state index in [1.165, 1.54) is 0 Å². The van der Waals surface area contributed by atoms with Gasteiger partial charge in [-0.2, -0.15) is 0 Å². The van der Waals surface area contributed by atoms with Gasteiger partial charge in [-0.3, -0.25) is 14.9 Å². The van der Waals surface area contributed by atoms with E-state index < -0.39 is 39.3 Å². The number of nitro groups is 1. The van der Waals surface area contributed by atoms with E-state index >= 15 is 0 Å². The quantitative estimate of drug-likeness (QED) is 0.662. The zero-order chi connectivity index (χ0) is 15.6. The van der Waals surface area contributed by atoms with Crippen LogP contribution in [0.15, 0.2) is 12.1 Å². The van der Waals surface area contributed by atoms with Crippen molar-refractivity contribution in [3.8, 4) is 0 Å². The van der Waals surface area contributed by atoms with Gasteiger partial charge < -0.3 is 10.6 Å². The number of rotatable bonds is 3. The molecule has 1 aromatic rings. The van der Waals surface area contributed by atoms with E-state index in [9.17, 15) is 23.7 Å². The molecule has 8 heteroatoms. The highest BCUT2D eigenvalue weighted by Gasteiger charge is 2.36. The van der Waals surface area contributed by atoms with E-state index in [2.05, 4.69) is 10.6 Å². The second-order valence-electron chi connectivity index (χ2n) is 5.28. The van der Waals surface area contributed by atoms with Crippen LogP contribution in [0.3, 0.4) is 0 Å². The Morgan fingerprint density at radius 2 is 2.00 bits per heavy atom. The Kier molecular flexibility index (Phi) is 4.17. The predicted molar refractivity (Wildman–Crippen MR) is 71.9 cm³/mol. The molecule has 1 heterocycles. The summed E-state index contributed by atoms with van der Waals surface area (Å²) >= 11 is 0. The van der Waals surface area contributed by atoms with Crippen molar-refractivity contribution in [2.75, 3.05) is 18.4 Å². The number of hydrogen-bond acceptors (Lipinski definition) is 4. The zero-order valence-electron chi connectivity index (χ0n) is 11.4. The highest BCUT2D eigenvalue weighted by molar-refractivity contribution is 5.97. The molecule has 0 saturated carbocycles. The first-order chi connectivity index (χ1) is 9.85. The Morgan fingerprint density at radius 1 is 1.38 bits per heavy atom. The van der Waals surface area contributed by atoms with E-state index in [0.29, 0.717) is 32.0 Å². The van der Waals surface area contributed by atoms with Gasteiger partial charge in [-0.05, 0) is 32.0 Å². The lowest BCUT2D eigenvalue weighted by Crippen LogP contribution is -2.43. The van der Waals surface area contributed by atoms with Crippen LogP contribution in [0.2, 0.25) is 0 Å². The minimum atomic E-state index is -1.42. The first-order valence-corrected chi connectivity index (χ1v) is 6.50. The van der Waals surface area contributed by atoms with Gasteiger partial charge in [-0.15, -0.1) is 0 Å². The fourth-order valence-corrected chi connectivity index (χ4v) is 2.28. The number of halogens is 2. The lowest BCUT2D eigenvalue weighted by molar-refractivity contribution is -0.384. The van der Waals surface area contributed by atoms with Crippen molar-refractivity contribution in [2.24, 2.45) is 5.41 Å². The van der Waals surface area contributed by atoms with Gasteiger partial charge in [0.05, 0.1) is 4.92 Å². The molecule has 0 radical (unpaired) electrons. The summed E-state index contributed by atoms with van der Waals surface area (Å²) in [6, 6.07) is 1.49. The van der Waals surface area contributed by atoms with Gasteiger partial charge >= 0.3 is 0 Å². The Hall–Kier alpha value is -2.09. The topological polar surface area (TPSA) is 84.3 Å². The SMILES string of the molecule is CC1(C(=O)Nc2c([N+](=O)[O-])ccc(F)c2F)CCNCC1. The number of benzene rings is 1. The molecule has 1 fully saturated rings. The molecule has 0 unspecified atom stereocenters. The van der Waals surface area contributed by atoms with Crippen molar-refractivity contribution >= 4 is 17.3 Å². The van der Waals surface area contributed by atoms with Crippen LogP contribution in [0, 0.1) is 27.2 Å². The lowest BCUT2D eigenvalue weighted by atomic mass is 9.80. The predicted octanol–water partition coefficient (Wildman–Crippen LogP) is 2.20. The fraction of sp³-hybridized carbons (Fsp3) is 0.462. The maximum absolute atomic E-state index is 13.8. The molecule has 21 heavy (non-hydrogen) atoms. The minimum Gasteiger partial charge on any atom is -0.317 e. The van der Waals surface area contributed by atoms with Crippen molar-refractivity contribution in [2.45, 2.75) is 19.8 Å². The maximum atomic E-state index is 13.8. The molecule has 1 saturated heterocycles. The van der Waals surface area contributed by atoms with Crippen molar-refractivity contribution in [3.05, 3.63) is 33.9 Å². The molecule has 6 nitrogen and oxygen atoms in total. The van der Waals surface area contributed by atoms with Crippen molar-refractivity contribution < 1.29 is 18.5 Å². The number of anilines is 1. The normalized spacial score (nSPS) is 17.3. The van der Waals surface area contributed by atoms with E-state index in [-0.39, 0.29) is 0 Å². The van der Waals surface area contributed by atoms with Crippen LogP contribution in [0.1, 0.15) is 19.8 Å². The smallest absolute Gasteiger partial charge is 0.296 e. The van der Waals surface area contributed by atoms with Crippen LogP contribution >= 0.6 is 0 Å². The summed E-state index contributed by atoms with van der Waals surface area (Å²) in [6.07, 6.45) is 1.03. The molecule has 0 atom stereocenters. The standard InChI is InChI=1S/C13H15F2N3O3/c1-13(4-6-16-7-5-13)12(19)17-11-9(18(20)21)3-2-8(14)10(11)15/h2-3,16H,4-7H2,1H3,(H,17,19). The number of piperidine rings is 1. The summed E-state index contributed by atoms with van der Waals surface area (Å²) in [5.74, 6) is -3.21. The first kappa shape index (κ1) is 15.3. The molecular weight excluding hydrogens is 284 g/mol. The van der Waals surface area contributed by atoms with Crippen LogP contribution in [-0.2, 0) is 4.79 Å². The summed E-state index contributed by atoms with van der Waals surface area (Å²) in [4.78, 5) is 22.3. The first-order valence-electron chi connectivity index (χ1n) is 6.50. The minimum absolute atomic E-state index is 0.517. The number of nitro benzene ring substituents is 1. The molecule has 1 aromatic carbocycles. The number of amides is 1. The van der Waals surface area contributed by atoms with Gasteiger partial charge in [0.15, 0.2) is 17.3 Å². The van der Waals surface area contributed by atoms with Gasteiger partial charge in [0.25, 0.3) is 5.69 Å². The lowest BCUT2D eigenvalue weighted by Gasteiger charge is -2.32. The molecule has 2 rings (SSSR count). The summed E-state index contributed by atoms with van der Waals surface area (Å²) in [5, 5.41) is 16.2. The van der Waals surface area contributed by atoms with Crippen molar-refractivity contribution in [1.29, 1.82) is 0 Å². The van der Waals surface area contributed by atoms with Gasteiger partial charge in [0.2, 0.25) is 5.91 Å². The zero-order valence-corrected chi connectivity index (χ0v) is 11.4. The molecule has 0 aromatic heterocycles. The van der Waals surface area contributed by atoms with Crippen LogP contribution < -0.4 is 10.6 Å². The Balaban J connectivity index is 2.32. The van der Waals surface area contributed by atoms with Gasteiger partial charge in [-0.1, -0.05) is 6.92 Å². The molecule has 0 spiro atoms. The van der Waals surface area contributed by atoms with Gasteiger partial charge in [0, 0.05) is 11.5 Å². The Labute approximate surface area is 119 Å². The molecule has 0 bridgehead atoms.